The van der Waals surface area contributed by atoms with Crippen LogP contribution in [0.4, 0.5) is 0 Å². The molecule has 0 aliphatic carbocycles. The number of hydrogen-bond donors (Lipinski definition) is 0. The molecule has 6 nitrogen and oxygen atoms in total. The molecule has 2 rings (SSSR count). The molecule has 0 spiro atoms. The van der Waals surface area contributed by atoms with E-state index in [0.717, 1.165) is 24.8 Å². The number of carbonyl (C=O) groups is 2. The fourth-order valence-electron chi connectivity index (χ4n) is 3.75. The summed E-state index contributed by atoms with van der Waals surface area (Å²) < 4.78 is 23.3. The molecule has 0 N–H and O–H groups in total. The van der Waals surface area contributed by atoms with Gasteiger partial charge in [-0.15, -0.1) is 6.58 Å². The van der Waals surface area contributed by atoms with Gasteiger partial charge in [0.1, 0.15) is 5.75 Å². The minimum Gasteiger partial charge on any atom is -0.465 e. The first-order chi connectivity index (χ1) is 14.9. The summed E-state index contributed by atoms with van der Waals surface area (Å²) in [5, 5.41) is 0.116. The predicted octanol–water partition coefficient (Wildman–Crippen LogP) is 5.46. The summed E-state index contributed by atoms with van der Waals surface area (Å²) in [5.41, 5.74) is 1.17. The number of rotatable bonds is 8. The molecule has 1 aliphatic rings. The highest BCUT2D eigenvalue weighted by atomic mass is 28.4. The zero-order valence-corrected chi connectivity index (χ0v) is 21.5. The van der Waals surface area contributed by atoms with Crippen molar-refractivity contribution in [3.63, 3.8) is 0 Å². The lowest BCUT2D eigenvalue weighted by Crippen LogP contribution is -2.48. The molecule has 1 aliphatic heterocycles. The Labute approximate surface area is 193 Å². The summed E-state index contributed by atoms with van der Waals surface area (Å²) in [5.74, 6) is -0.445. The first-order valence-electron chi connectivity index (χ1n) is 11.2. The van der Waals surface area contributed by atoms with Gasteiger partial charge in [0.25, 0.3) is 0 Å². The van der Waals surface area contributed by atoms with E-state index in [-0.39, 0.29) is 23.4 Å². The van der Waals surface area contributed by atoms with Crippen molar-refractivity contribution < 1.29 is 28.2 Å². The van der Waals surface area contributed by atoms with Gasteiger partial charge in [-0.25, -0.2) is 4.79 Å². The van der Waals surface area contributed by atoms with E-state index < -0.39 is 20.3 Å². The van der Waals surface area contributed by atoms with Crippen LogP contribution in [0.3, 0.4) is 0 Å². The third-order valence-electron chi connectivity index (χ3n) is 6.32. The Morgan fingerprint density at radius 2 is 1.88 bits per heavy atom. The number of esters is 2. The zero-order valence-electron chi connectivity index (χ0n) is 20.5. The second kappa shape index (κ2) is 10.8. The van der Waals surface area contributed by atoms with Crippen LogP contribution in [0.25, 0.3) is 0 Å². The van der Waals surface area contributed by atoms with E-state index in [1.807, 2.05) is 6.08 Å². The molecule has 3 atom stereocenters. The van der Waals surface area contributed by atoms with Crippen LogP contribution in [0.5, 0.6) is 5.75 Å². The lowest BCUT2D eigenvalue weighted by atomic mass is 9.93. The zero-order chi connectivity index (χ0) is 24.1. The summed E-state index contributed by atoms with van der Waals surface area (Å²) in [6, 6.07) is 4.95. The third kappa shape index (κ3) is 7.02. The van der Waals surface area contributed by atoms with Gasteiger partial charge in [-0.05, 0) is 67.6 Å². The van der Waals surface area contributed by atoms with Crippen LogP contribution in [0.15, 0.2) is 30.9 Å². The van der Waals surface area contributed by atoms with Crippen molar-refractivity contribution in [2.24, 2.45) is 0 Å². The Balaban J connectivity index is 2.29. The van der Waals surface area contributed by atoms with Gasteiger partial charge in [0.2, 0.25) is 0 Å². The number of benzene rings is 1. The van der Waals surface area contributed by atoms with Crippen LogP contribution in [-0.4, -0.2) is 45.7 Å². The molecule has 7 heteroatoms. The van der Waals surface area contributed by atoms with Crippen LogP contribution < -0.4 is 4.74 Å². The molecular formula is C25H38O6Si. The number of methoxy groups -OCH3 is 1. The van der Waals surface area contributed by atoms with Gasteiger partial charge in [0.15, 0.2) is 8.32 Å². The van der Waals surface area contributed by atoms with Crippen LogP contribution in [0.1, 0.15) is 62.9 Å². The SMILES string of the molecule is C=CC[C@@H]1C[C@@H](O[Si](C)(C)C(C)(C)C)C[C@@H](Cc2cc(OC(C)=O)ccc2C(=O)OC)O1. The summed E-state index contributed by atoms with van der Waals surface area (Å²) in [4.78, 5) is 23.7. The van der Waals surface area contributed by atoms with Gasteiger partial charge in [-0.2, -0.15) is 0 Å². The molecule has 1 saturated heterocycles. The van der Waals surface area contributed by atoms with Crippen molar-refractivity contribution in [1.29, 1.82) is 0 Å². The molecule has 0 unspecified atom stereocenters. The maximum atomic E-state index is 12.3. The number of hydrogen-bond acceptors (Lipinski definition) is 6. The second-order valence-corrected chi connectivity index (χ2v) is 14.7. The molecule has 1 aromatic carbocycles. The molecule has 1 aromatic rings. The molecule has 0 aromatic heterocycles. The van der Waals surface area contributed by atoms with E-state index in [0.29, 0.717) is 17.7 Å². The second-order valence-electron chi connectivity index (χ2n) is 9.98. The average molecular weight is 463 g/mol. The van der Waals surface area contributed by atoms with Crippen molar-refractivity contribution in [2.45, 2.75) is 89.8 Å². The van der Waals surface area contributed by atoms with Gasteiger partial charge >= 0.3 is 11.9 Å². The van der Waals surface area contributed by atoms with Gasteiger partial charge < -0.3 is 18.6 Å². The molecular weight excluding hydrogens is 424 g/mol. The smallest absolute Gasteiger partial charge is 0.338 e. The molecule has 178 valence electrons. The minimum atomic E-state index is -1.94. The van der Waals surface area contributed by atoms with Crippen molar-refractivity contribution in [1.82, 2.24) is 0 Å². The summed E-state index contributed by atoms with van der Waals surface area (Å²) in [6.45, 7) is 16.4. The molecule has 1 fully saturated rings. The van der Waals surface area contributed by atoms with Crippen molar-refractivity contribution in [2.75, 3.05) is 7.11 Å². The van der Waals surface area contributed by atoms with E-state index >= 15 is 0 Å². The fourth-order valence-corrected chi connectivity index (χ4v) is 5.13. The summed E-state index contributed by atoms with van der Waals surface area (Å²) in [6.07, 6.45) is 4.62. The van der Waals surface area contributed by atoms with Crippen molar-refractivity contribution >= 4 is 20.3 Å². The first-order valence-corrected chi connectivity index (χ1v) is 14.1. The minimum absolute atomic E-state index is 0.0132. The molecule has 0 bridgehead atoms. The first kappa shape index (κ1) is 26.3. The topological polar surface area (TPSA) is 71.1 Å². The van der Waals surface area contributed by atoms with Crippen molar-refractivity contribution in [3.05, 3.63) is 42.0 Å². The maximum absolute atomic E-state index is 12.3. The van der Waals surface area contributed by atoms with E-state index in [1.165, 1.54) is 14.0 Å². The number of carbonyl (C=O) groups excluding carboxylic acids is 2. The van der Waals surface area contributed by atoms with Crippen LogP contribution >= 0.6 is 0 Å². The summed E-state index contributed by atoms with van der Waals surface area (Å²) >= 11 is 0. The van der Waals surface area contributed by atoms with Crippen molar-refractivity contribution in [3.8, 4) is 5.75 Å². The lowest BCUT2D eigenvalue weighted by Gasteiger charge is -2.43. The molecule has 0 radical (unpaired) electrons. The predicted molar refractivity (Wildman–Crippen MR) is 128 cm³/mol. The molecule has 0 saturated carbocycles. The monoisotopic (exact) mass is 462 g/mol. The number of ether oxygens (including phenoxy) is 3. The highest BCUT2D eigenvalue weighted by molar-refractivity contribution is 6.74. The third-order valence-corrected chi connectivity index (χ3v) is 10.9. The standard InChI is InChI=1S/C25H38O6Si/c1-9-10-19-15-22(31-32(7,8)25(3,4)5)16-21(30-19)14-18-13-20(29-17(2)26)11-12-23(18)24(27)28-6/h9,11-13,19,21-22H,1,10,14-16H2,2-8H3/t19-,21-,22-/m1/s1. The van der Waals surface area contributed by atoms with E-state index in [4.69, 9.17) is 18.6 Å². The molecule has 32 heavy (non-hydrogen) atoms. The van der Waals surface area contributed by atoms with Crippen LogP contribution in [-0.2, 0) is 25.1 Å². The van der Waals surface area contributed by atoms with Gasteiger partial charge in [0, 0.05) is 6.92 Å². The Morgan fingerprint density at radius 1 is 1.22 bits per heavy atom. The van der Waals surface area contributed by atoms with E-state index in [2.05, 4.69) is 40.4 Å². The highest BCUT2D eigenvalue weighted by Gasteiger charge is 2.41. The fraction of sp³-hybridized carbons (Fsp3) is 0.600. The maximum Gasteiger partial charge on any atom is 0.338 e. The largest absolute Gasteiger partial charge is 0.465 e. The quantitative estimate of drug-likeness (QED) is 0.221. The molecule has 1 heterocycles. The highest BCUT2D eigenvalue weighted by Crippen LogP contribution is 2.40. The van der Waals surface area contributed by atoms with Crippen LogP contribution in [0, 0.1) is 0 Å². The Hall–Kier alpha value is -1.96. The Morgan fingerprint density at radius 3 is 2.44 bits per heavy atom. The van der Waals surface area contributed by atoms with E-state index in [1.54, 1.807) is 18.2 Å². The summed E-state index contributed by atoms with van der Waals surface area (Å²) in [7, 11) is -0.588. The van der Waals surface area contributed by atoms with Gasteiger partial charge in [0.05, 0.1) is 31.0 Å². The average Bonchev–Trinajstić information content (AvgIpc) is 2.66. The van der Waals surface area contributed by atoms with E-state index in [9.17, 15) is 9.59 Å². The molecule has 0 amide bonds. The van der Waals surface area contributed by atoms with Crippen LogP contribution in [0.2, 0.25) is 18.1 Å². The van der Waals surface area contributed by atoms with Gasteiger partial charge in [-0.3, -0.25) is 4.79 Å². The normalized spacial score (nSPS) is 21.7. The lowest BCUT2D eigenvalue weighted by molar-refractivity contribution is -0.131. The Bertz CT molecular complexity index is 826. The van der Waals surface area contributed by atoms with Gasteiger partial charge in [-0.1, -0.05) is 26.8 Å². The Kier molecular flexibility index (Phi) is 8.85.